The van der Waals surface area contributed by atoms with Crippen molar-refractivity contribution >= 4 is 11.9 Å². The van der Waals surface area contributed by atoms with Crippen molar-refractivity contribution in [2.75, 3.05) is 19.6 Å². The van der Waals surface area contributed by atoms with Gasteiger partial charge in [0.05, 0.1) is 23.8 Å². The molecule has 4 rings (SSSR count). The molecule has 136 valence electrons. The van der Waals surface area contributed by atoms with Crippen LogP contribution in [0.1, 0.15) is 30.4 Å². The van der Waals surface area contributed by atoms with Gasteiger partial charge in [-0.05, 0) is 37.0 Å². The molecule has 3 amide bonds. The van der Waals surface area contributed by atoms with Gasteiger partial charge in [-0.1, -0.05) is 12.1 Å². The zero-order chi connectivity index (χ0) is 18.1. The van der Waals surface area contributed by atoms with Crippen LogP contribution in [-0.4, -0.2) is 59.6 Å². The van der Waals surface area contributed by atoms with Gasteiger partial charge in [0, 0.05) is 26.2 Å². The lowest BCUT2D eigenvalue weighted by Gasteiger charge is -2.32. The van der Waals surface area contributed by atoms with E-state index in [1.54, 1.807) is 21.9 Å². The summed E-state index contributed by atoms with van der Waals surface area (Å²) in [6, 6.07) is 8.69. The molecule has 3 unspecified atom stereocenters. The first-order chi connectivity index (χ1) is 12.6. The zero-order valence-corrected chi connectivity index (χ0v) is 14.6. The normalized spacial score (nSPS) is 27.5. The lowest BCUT2D eigenvalue weighted by atomic mass is 10.1. The molecular formula is C19H22N4O3. The van der Waals surface area contributed by atoms with Crippen molar-refractivity contribution in [1.29, 1.82) is 5.26 Å². The van der Waals surface area contributed by atoms with Crippen LogP contribution in [0.4, 0.5) is 4.79 Å². The van der Waals surface area contributed by atoms with Gasteiger partial charge in [-0.25, -0.2) is 4.79 Å². The Balaban J connectivity index is 1.32. The van der Waals surface area contributed by atoms with E-state index in [2.05, 4.69) is 11.4 Å². The van der Waals surface area contributed by atoms with Crippen molar-refractivity contribution in [3.8, 4) is 6.07 Å². The van der Waals surface area contributed by atoms with Crippen LogP contribution in [0, 0.1) is 11.3 Å². The van der Waals surface area contributed by atoms with Crippen molar-refractivity contribution in [3.63, 3.8) is 0 Å². The number of rotatable bonds is 3. The van der Waals surface area contributed by atoms with Crippen molar-refractivity contribution in [1.82, 2.24) is 15.1 Å². The number of carbonyl (C=O) groups is 2. The minimum Gasteiger partial charge on any atom is -0.371 e. The molecule has 3 heterocycles. The van der Waals surface area contributed by atoms with E-state index >= 15 is 0 Å². The molecule has 1 aromatic rings. The highest BCUT2D eigenvalue weighted by Crippen LogP contribution is 2.26. The first-order valence-corrected chi connectivity index (χ1v) is 9.11. The quantitative estimate of drug-likeness (QED) is 0.885. The fourth-order valence-electron chi connectivity index (χ4n) is 3.96. The minimum absolute atomic E-state index is 0.0426. The second kappa shape index (κ2) is 6.96. The molecule has 0 aromatic heterocycles. The van der Waals surface area contributed by atoms with Gasteiger partial charge >= 0.3 is 6.03 Å². The van der Waals surface area contributed by atoms with E-state index in [1.807, 2.05) is 12.1 Å². The number of nitriles is 1. The van der Waals surface area contributed by atoms with Crippen LogP contribution in [0.2, 0.25) is 0 Å². The predicted molar refractivity (Wildman–Crippen MR) is 93.0 cm³/mol. The van der Waals surface area contributed by atoms with E-state index in [-0.39, 0.29) is 24.1 Å². The maximum Gasteiger partial charge on any atom is 0.318 e. The van der Waals surface area contributed by atoms with E-state index < -0.39 is 6.04 Å². The van der Waals surface area contributed by atoms with Gasteiger partial charge in [-0.3, -0.25) is 4.79 Å². The highest BCUT2D eigenvalue weighted by molar-refractivity contribution is 5.88. The second-order valence-electron chi connectivity index (χ2n) is 7.22. The van der Waals surface area contributed by atoms with Crippen LogP contribution in [0.25, 0.3) is 0 Å². The summed E-state index contributed by atoms with van der Waals surface area (Å²) in [5.41, 5.74) is 1.58. The molecule has 1 aromatic carbocycles. The highest BCUT2D eigenvalue weighted by atomic mass is 16.5. The first kappa shape index (κ1) is 16.9. The lowest BCUT2D eigenvalue weighted by Crippen LogP contribution is -2.53. The van der Waals surface area contributed by atoms with Crippen molar-refractivity contribution in [2.24, 2.45) is 0 Å². The Hall–Kier alpha value is -2.59. The predicted octanol–water partition coefficient (Wildman–Crippen LogP) is 1.23. The summed E-state index contributed by atoms with van der Waals surface area (Å²) in [6.45, 7) is 2.34. The summed E-state index contributed by atoms with van der Waals surface area (Å²) in [5, 5.41) is 11.7. The maximum atomic E-state index is 12.6. The molecule has 0 radical (unpaired) electrons. The van der Waals surface area contributed by atoms with Crippen molar-refractivity contribution < 1.29 is 14.3 Å². The second-order valence-corrected chi connectivity index (χ2v) is 7.22. The number of hydrogen-bond acceptors (Lipinski definition) is 4. The third kappa shape index (κ3) is 3.37. The number of nitrogens with one attached hydrogen (secondary N) is 1. The van der Waals surface area contributed by atoms with Gasteiger partial charge in [-0.2, -0.15) is 5.26 Å². The molecule has 7 nitrogen and oxygen atoms in total. The number of morpholine rings is 1. The number of nitrogens with zero attached hydrogens (tertiary/aromatic N) is 3. The largest absolute Gasteiger partial charge is 0.371 e. The molecule has 3 aliphatic rings. The lowest BCUT2D eigenvalue weighted by molar-refractivity contribution is -0.129. The van der Waals surface area contributed by atoms with Gasteiger partial charge < -0.3 is 19.9 Å². The van der Waals surface area contributed by atoms with E-state index in [0.29, 0.717) is 38.2 Å². The van der Waals surface area contributed by atoms with Gasteiger partial charge in [0.1, 0.15) is 6.04 Å². The van der Waals surface area contributed by atoms with Crippen LogP contribution in [0.3, 0.4) is 0 Å². The van der Waals surface area contributed by atoms with Crippen molar-refractivity contribution in [2.45, 2.75) is 44.1 Å². The summed E-state index contributed by atoms with van der Waals surface area (Å²) in [7, 11) is 0. The Bertz CT molecular complexity index is 730. The molecule has 0 saturated carbocycles. The Morgan fingerprint density at radius 2 is 1.88 bits per heavy atom. The van der Waals surface area contributed by atoms with E-state index in [4.69, 9.17) is 10.00 Å². The first-order valence-electron chi connectivity index (χ1n) is 9.11. The number of likely N-dealkylation sites (tertiary alicyclic amines) is 2. The summed E-state index contributed by atoms with van der Waals surface area (Å²) < 4.78 is 5.75. The Labute approximate surface area is 152 Å². The van der Waals surface area contributed by atoms with Crippen molar-refractivity contribution in [3.05, 3.63) is 35.4 Å². The summed E-state index contributed by atoms with van der Waals surface area (Å²) >= 11 is 0. The monoisotopic (exact) mass is 354 g/mol. The molecule has 3 atom stereocenters. The van der Waals surface area contributed by atoms with E-state index in [1.165, 1.54) is 0 Å². The molecule has 3 aliphatic heterocycles. The number of ether oxygens (including phenoxy) is 1. The summed E-state index contributed by atoms with van der Waals surface area (Å²) in [5.74, 6) is -0.0426. The van der Waals surface area contributed by atoms with Crippen LogP contribution < -0.4 is 5.32 Å². The standard InChI is InChI=1S/C19H22N4O3/c20-9-13-1-3-14(4-2-13)10-22-8-7-17(18(22)24)21-19(25)23-11-15-5-6-16(12-23)26-15/h1-4,15-17H,5-8,10-12H2,(H,21,25). The number of hydrogen-bond donors (Lipinski definition) is 1. The number of benzene rings is 1. The third-order valence-electron chi connectivity index (χ3n) is 5.38. The van der Waals surface area contributed by atoms with Gasteiger partial charge in [-0.15, -0.1) is 0 Å². The Morgan fingerprint density at radius 1 is 1.19 bits per heavy atom. The summed E-state index contributed by atoms with van der Waals surface area (Å²) in [4.78, 5) is 28.7. The third-order valence-corrected chi connectivity index (χ3v) is 5.38. The fourth-order valence-corrected chi connectivity index (χ4v) is 3.96. The number of fused-ring (bicyclic) bond motifs is 2. The minimum atomic E-state index is -0.457. The Kier molecular flexibility index (Phi) is 4.51. The molecule has 2 bridgehead atoms. The molecule has 3 fully saturated rings. The topological polar surface area (TPSA) is 85.7 Å². The molecule has 26 heavy (non-hydrogen) atoms. The smallest absolute Gasteiger partial charge is 0.318 e. The number of urea groups is 1. The van der Waals surface area contributed by atoms with Crippen LogP contribution >= 0.6 is 0 Å². The van der Waals surface area contributed by atoms with Crippen LogP contribution in [0.5, 0.6) is 0 Å². The Morgan fingerprint density at radius 3 is 2.54 bits per heavy atom. The van der Waals surface area contributed by atoms with E-state index in [0.717, 1.165) is 18.4 Å². The van der Waals surface area contributed by atoms with Gasteiger partial charge in [0.2, 0.25) is 5.91 Å². The molecule has 3 saturated heterocycles. The average Bonchev–Trinajstić information content (AvgIpc) is 3.18. The number of amides is 3. The summed E-state index contributed by atoms with van der Waals surface area (Å²) in [6.07, 6.45) is 2.93. The molecule has 1 N–H and O–H groups in total. The molecular weight excluding hydrogens is 332 g/mol. The molecule has 0 spiro atoms. The zero-order valence-electron chi connectivity index (χ0n) is 14.6. The van der Waals surface area contributed by atoms with Gasteiger partial charge in [0.25, 0.3) is 0 Å². The average molecular weight is 354 g/mol. The van der Waals surface area contributed by atoms with E-state index in [9.17, 15) is 9.59 Å². The SMILES string of the molecule is N#Cc1ccc(CN2CCC(NC(=O)N3CC4CCC(C3)O4)C2=O)cc1. The van der Waals surface area contributed by atoms with Crippen LogP contribution in [0.15, 0.2) is 24.3 Å². The fraction of sp³-hybridized carbons (Fsp3) is 0.526. The maximum absolute atomic E-state index is 12.6. The van der Waals surface area contributed by atoms with Gasteiger partial charge in [0.15, 0.2) is 0 Å². The number of carbonyl (C=O) groups excluding carboxylic acids is 2. The molecule has 0 aliphatic carbocycles. The highest BCUT2D eigenvalue weighted by Gasteiger charge is 2.38. The van der Waals surface area contributed by atoms with Crippen LogP contribution in [-0.2, 0) is 16.1 Å². The molecule has 7 heteroatoms.